The maximum atomic E-state index is 5.77. The summed E-state index contributed by atoms with van der Waals surface area (Å²) in [7, 11) is 0. The molecule has 2 aromatic carbocycles. The Kier molecular flexibility index (Phi) is 3.71. The van der Waals surface area contributed by atoms with Gasteiger partial charge in [0.25, 0.3) is 0 Å². The lowest BCUT2D eigenvalue weighted by atomic mass is 10.0. The molecule has 3 rings (SSSR count). The first-order chi connectivity index (χ1) is 10.2. The zero-order valence-electron chi connectivity index (χ0n) is 12.5. The van der Waals surface area contributed by atoms with Crippen LogP contribution in [0.15, 0.2) is 42.5 Å². The quantitative estimate of drug-likeness (QED) is 0.799. The second-order valence-electron chi connectivity index (χ2n) is 5.58. The smallest absolute Gasteiger partial charge is 0.0997 e. The van der Waals surface area contributed by atoms with Crippen molar-refractivity contribution in [1.29, 1.82) is 0 Å². The molecule has 0 atom stereocenters. The minimum atomic E-state index is 0.355. The number of rotatable bonds is 4. The molecule has 3 aromatic rings. The summed E-state index contributed by atoms with van der Waals surface area (Å²) in [5.74, 6) is 0.355. The molecule has 0 saturated heterocycles. The first-order valence-electron chi connectivity index (χ1n) is 7.29. The predicted molar refractivity (Wildman–Crippen MR) is 85.1 cm³/mol. The fourth-order valence-electron chi connectivity index (χ4n) is 2.84. The van der Waals surface area contributed by atoms with Gasteiger partial charge in [0, 0.05) is 6.54 Å². The maximum absolute atomic E-state index is 5.77. The summed E-state index contributed by atoms with van der Waals surface area (Å²) in [6.07, 6.45) is 0. The molecule has 4 nitrogen and oxygen atoms in total. The van der Waals surface area contributed by atoms with E-state index in [1.165, 1.54) is 16.3 Å². The third kappa shape index (κ3) is 2.54. The maximum Gasteiger partial charge on any atom is 0.0997 e. The second kappa shape index (κ2) is 5.66. The molecule has 0 aliphatic rings. The first kappa shape index (κ1) is 13.8. The van der Waals surface area contributed by atoms with Gasteiger partial charge in [-0.15, -0.1) is 5.10 Å². The summed E-state index contributed by atoms with van der Waals surface area (Å²) < 4.78 is 1.98. The van der Waals surface area contributed by atoms with Crippen LogP contribution < -0.4 is 5.73 Å². The van der Waals surface area contributed by atoms with Crippen LogP contribution in [0.25, 0.3) is 10.8 Å². The highest BCUT2D eigenvalue weighted by Gasteiger charge is 2.15. The van der Waals surface area contributed by atoms with Gasteiger partial charge in [-0.05, 0) is 22.3 Å². The third-order valence-corrected chi connectivity index (χ3v) is 3.79. The fraction of sp³-hybridized carbons (Fsp3) is 0.294. The number of benzene rings is 2. The largest absolute Gasteiger partial charge is 0.325 e. The van der Waals surface area contributed by atoms with Gasteiger partial charge in [0.1, 0.15) is 0 Å². The Morgan fingerprint density at radius 1 is 1.10 bits per heavy atom. The standard InChI is InChI=1S/C17H20N4/c1-12(2)17-16(10-18)19-20-21(17)11-14-8-5-7-13-6-3-4-9-15(13)14/h3-9,12H,10-11,18H2,1-2H3. The number of hydrogen-bond donors (Lipinski definition) is 1. The molecule has 0 unspecified atom stereocenters. The van der Waals surface area contributed by atoms with Crippen molar-refractivity contribution < 1.29 is 0 Å². The molecular weight excluding hydrogens is 260 g/mol. The van der Waals surface area contributed by atoms with Crippen LogP contribution >= 0.6 is 0 Å². The van der Waals surface area contributed by atoms with E-state index in [-0.39, 0.29) is 0 Å². The Hall–Kier alpha value is -2.20. The van der Waals surface area contributed by atoms with E-state index in [1.54, 1.807) is 0 Å². The molecule has 0 spiro atoms. The van der Waals surface area contributed by atoms with Crippen LogP contribution in [0.5, 0.6) is 0 Å². The van der Waals surface area contributed by atoms with Crippen LogP contribution in [-0.4, -0.2) is 15.0 Å². The van der Waals surface area contributed by atoms with Crippen molar-refractivity contribution in [3.63, 3.8) is 0 Å². The average molecular weight is 280 g/mol. The Balaban J connectivity index is 2.05. The van der Waals surface area contributed by atoms with Crippen molar-refractivity contribution >= 4 is 10.8 Å². The van der Waals surface area contributed by atoms with Gasteiger partial charge < -0.3 is 5.73 Å². The number of hydrogen-bond acceptors (Lipinski definition) is 3. The van der Waals surface area contributed by atoms with Crippen LogP contribution in [0.4, 0.5) is 0 Å². The summed E-state index contributed by atoms with van der Waals surface area (Å²) in [5, 5.41) is 11.0. The molecule has 2 N–H and O–H groups in total. The van der Waals surface area contributed by atoms with E-state index in [0.717, 1.165) is 17.9 Å². The number of nitrogens with zero attached hydrogens (tertiary/aromatic N) is 3. The zero-order chi connectivity index (χ0) is 14.8. The van der Waals surface area contributed by atoms with Gasteiger partial charge >= 0.3 is 0 Å². The summed E-state index contributed by atoms with van der Waals surface area (Å²) in [6, 6.07) is 14.8. The highest BCUT2D eigenvalue weighted by molar-refractivity contribution is 5.85. The molecule has 0 aliphatic carbocycles. The van der Waals surface area contributed by atoms with Crippen LogP contribution in [0.3, 0.4) is 0 Å². The molecule has 1 aromatic heterocycles. The van der Waals surface area contributed by atoms with Gasteiger partial charge in [-0.3, -0.25) is 0 Å². The van der Waals surface area contributed by atoms with Crippen molar-refractivity contribution in [2.45, 2.75) is 32.9 Å². The highest BCUT2D eigenvalue weighted by Crippen LogP contribution is 2.22. The Labute approximate surface area is 124 Å². The topological polar surface area (TPSA) is 56.7 Å². The van der Waals surface area contributed by atoms with Crippen LogP contribution in [0.2, 0.25) is 0 Å². The highest BCUT2D eigenvalue weighted by atomic mass is 15.4. The molecule has 0 amide bonds. The van der Waals surface area contributed by atoms with Gasteiger partial charge in [-0.2, -0.15) is 0 Å². The monoisotopic (exact) mass is 280 g/mol. The second-order valence-corrected chi connectivity index (χ2v) is 5.58. The lowest BCUT2D eigenvalue weighted by Gasteiger charge is -2.12. The van der Waals surface area contributed by atoms with E-state index in [9.17, 15) is 0 Å². The summed E-state index contributed by atoms with van der Waals surface area (Å²) in [4.78, 5) is 0. The van der Waals surface area contributed by atoms with Crippen molar-refractivity contribution in [3.05, 3.63) is 59.4 Å². The number of fused-ring (bicyclic) bond motifs is 1. The van der Waals surface area contributed by atoms with Gasteiger partial charge in [-0.25, -0.2) is 4.68 Å². The van der Waals surface area contributed by atoms with Gasteiger partial charge in [0.2, 0.25) is 0 Å². The first-order valence-corrected chi connectivity index (χ1v) is 7.29. The predicted octanol–water partition coefficient (Wildman–Crippen LogP) is 3.06. The number of nitrogens with two attached hydrogens (primary N) is 1. The van der Waals surface area contributed by atoms with Gasteiger partial charge in [-0.1, -0.05) is 61.5 Å². The van der Waals surface area contributed by atoms with E-state index in [4.69, 9.17) is 5.73 Å². The van der Waals surface area contributed by atoms with Crippen molar-refractivity contribution in [1.82, 2.24) is 15.0 Å². The molecular formula is C17H20N4. The van der Waals surface area contributed by atoms with Crippen LogP contribution in [0.1, 0.15) is 36.7 Å². The van der Waals surface area contributed by atoms with E-state index in [1.807, 2.05) is 4.68 Å². The van der Waals surface area contributed by atoms with Crippen molar-refractivity contribution in [2.75, 3.05) is 0 Å². The van der Waals surface area contributed by atoms with E-state index < -0.39 is 0 Å². The number of aromatic nitrogens is 3. The lowest BCUT2D eigenvalue weighted by Crippen LogP contribution is -2.10. The summed E-state index contributed by atoms with van der Waals surface area (Å²) in [6.45, 7) is 5.46. The minimum absolute atomic E-state index is 0.355. The van der Waals surface area contributed by atoms with Crippen LogP contribution in [-0.2, 0) is 13.1 Å². The molecule has 1 heterocycles. The van der Waals surface area contributed by atoms with E-state index >= 15 is 0 Å². The molecule has 4 heteroatoms. The Morgan fingerprint density at radius 2 is 1.86 bits per heavy atom. The Bertz CT molecular complexity index is 753. The third-order valence-electron chi connectivity index (χ3n) is 3.79. The van der Waals surface area contributed by atoms with E-state index in [0.29, 0.717) is 12.5 Å². The summed E-state index contributed by atoms with van der Waals surface area (Å²) in [5.41, 5.74) is 9.05. The normalized spacial score (nSPS) is 11.4. The summed E-state index contributed by atoms with van der Waals surface area (Å²) >= 11 is 0. The van der Waals surface area contributed by atoms with E-state index in [2.05, 4.69) is 66.6 Å². The molecule has 0 fully saturated rings. The molecule has 0 bridgehead atoms. The molecule has 0 aliphatic heterocycles. The molecule has 21 heavy (non-hydrogen) atoms. The zero-order valence-corrected chi connectivity index (χ0v) is 12.5. The average Bonchev–Trinajstić information content (AvgIpc) is 2.90. The van der Waals surface area contributed by atoms with Crippen molar-refractivity contribution in [2.24, 2.45) is 5.73 Å². The minimum Gasteiger partial charge on any atom is -0.325 e. The Morgan fingerprint density at radius 3 is 2.62 bits per heavy atom. The van der Waals surface area contributed by atoms with Crippen LogP contribution in [0, 0.1) is 0 Å². The molecule has 0 saturated carbocycles. The molecule has 0 radical (unpaired) electrons. The van der Waals surface area contributed by atoms with Gasteiger partial charge in [0.05, 0.1) is 17.9 Å². The van der Waals surface area contributed by atoms with Crippen molar-refractivity contribution in [3.8, 4) is 0 Å². The molecule has 108 valence electrons. The van der Waals surface area contributed by atoms with Gasteiger partial charge in [0.15, 0.2) is 0 Å². The lowest BCUT2D eigenvalue weighted by molar-refractivity contribution is 0.599. The fourth-order valence-corrected chi connectivity index (χ4v) is 2.84. The SMILES string of the molecule is CC(C)c1c(CN)nnn1Cc1cccc2ccccc12.